The molecule has 196 valence electrons. The summed E-state index contributed by atoms with van der Waals surface area (Å²) in [6.45, 7) is 8.13. The van der Waals surface area contributed by atoms with E-state index in [-0.39, 0.29) is 33.4 Å². The SMILES string of the molecule is CCOC(=O)c1c(NC(=O)COC(=O)c2ccccc2OS(=O)(=O)c2cc(C)ccc2C)sc(C)c1C. The third-order valence-electron chi connectivity index (χ3n) is 5.37. The molecule has 0 aliphatic heterocycles. The highest BCUT2D eigenvalue weighted by Crippen LogP contribution is 2.33. The zero-order chi connectivity index (χ0) is 27.3. The molecule has 0 atom stereocenters. The van der Waals surface area contributed by atoms with Crippen LogP contribution < -0.4 is 9.50 Å². The molecule has 0 spiro atoms. The number of nitrogens with one attached hydrogen (secondary N) is 1. The molecule has 0 bridgehead atoms. The first kappa shape index (κ1) is 27.9. The van der Waals surface area contributed by atoms with Crippen molar-refractivity contribution >= 4 is 44.3 Å². The van der Waals surface area contributed by atoms with Gasteiger partial charge in [-0.3, -0.25) is 4.79 Å². The van der Waals surface area contributed by atoms with Crippen molar-refractivity contribution in [2.75, 3.05) is 18.5 Å². The van der Waals surface area contributed by atoms with Crippen LogP contribution in [0.3, 0.4) is 0 Å². The first-order valence-electron chi connectivity index (χ1n) is 11.3. The number of aryl methyl sites for hydroxylation is 3. The van der Waals surface area contributed by atoms with E-state index in [1.54, 1.807) is 39.8 Å². The Morgan fingerprint density at radius 1 is 0.946 bits per heavy atom. The highest BCUT2D eigenvalue weighted by atomic mass is 32.2. The van der Waals surface area contributed by atoms with E-state index in [2.05, 4.69) is 5.32 Å². The zero-order valence-electron chi connectivity index (χ0n) is 21.0. The van der Waals surface area contributed by atoms with E-state index < -0.39 is 34.6 Å². The molecule has 0 saturated carbocycles. The minimum atomic E-state index is -4.24. The van der Waals surface area contributed by atoms with Crippen LogP contribution in [0.4, 0.5) is 5.00 Å². The predicted octanol–water partition coefficient (Wildman–Crippen LogP) is 4.72. The Bertz CT molecular complexity index is 1460. The fourth-order valence-electron chi connectivity index (χ4n) is 3.38. The Kier molecular flexibility index (Phi) is 8.72. The quantitative estimate of drug-likeness (QED) is 0.302. The lowest BCUT2D eigenvalue weighted by Gasteiger charge is -2.13. The molecule has 11 heteroatoms. The normalized spacial score (nSPS) is 11.1. The molecule has 0 saturated heterocycles. The lowest BCUT2D eigenvalue weighted by atomic mass is 10.1. The van der Waals surface area contributed by atoms with Gasteiger partial charge in [-0.1, -0.05) is 24.3 Å². The van der Waals surface area contributed by atoms with E-state index >= 15 is 0 Å². The topological polar surface area (TPSA) is 125 Å². The van der Waals surface area contributed by atoms with E-state index in [0.29, 0.717) is 11.1 Å². The Labute approximate surface area is 219 Å². The van der Waals surface area contributed by atoms with Crippen LogP contribution in [-0.4, -0.2) is 39.5 Å². The van der Waals surface area contributed by atoms with Crippen molar-refractivity contribution in [2.24, 2.45) is 0 Å². The third-order valence-corrected chi connectivity index (χ3v) is 7.87. The number of amides is 1. The first-order valence-corrected chi connectivity index (χ1v) is 13.5. The second kappa shape index (κ2) is 11.6. The summed E-state index contributed by atoms with van der Waals surface area (Å²) < 4.78 is 41.3. The second-order valence-corrected chi connectivity index (χ2v) is 10.9. The molecule has 9 nitrogen and oxygen atoms in total. The van der Waals surface area contributed by atoms with Gasteiger partial charge in [0.05, 0.1) is 12.2 Å². The Hall–Kier alpha value is -3.70. The van der Waals surface area contributed by atoms with Gasteiger partial charge in [-0.05, 0) is 69.5 Å². The first-order chi connectivity index (χ1) is 17.4. The summed E-state index contributed by atoms with van der Waals surface area (Å²) in [6, 6.07) is 10.6. The third kappa shape index (κ3) is 6.55. The summed E-state index contributed by atoms with van der Waals surface area (Å²) >= 11 is 1.20. The highest BCUT2D eigenvalue weighted by Gasteiger charge is 2.25. The van der Waals surface area contributed by atoms with Gasteiger partial charge < -0.3 is 19.0 Å². The molecular weight excluding hydrogens is 518 g/mol. The summed E-state index contributed by atoms with van der Waals surface area (Å²) in [5.41, 5.74) is 1.99. The minimum absolute atomic E-state index is 0.0195. The molecule has 1 N–H and O–H groups in total. The molecule has 0 radical (unpaired) electrons. The van der Waals surface area contributed by atoms with Crippen molar-refractivity contribution in [3.63, 3.8) is 0 Å². The molecule has 2 aromatic carbocycles. The number of esters is 2. The number of hydrogen-bond donors (Lipinski definition) is 1. The average Bonchev–Trinajstić information content (AvgIpc) is 3.11. The van der Waals surface area contributed by atoms with Crippen LogP contribution in [0.25, 0.3) is 0 Å². The molecule has 0 fully saturated rings. The summed E-state index contributed by atoms with van der Waals surface area (Å²) in [5, 5.41) is 2.87. The predicted molar refractivity (Wildman–Crippen MR) is 139 cm³/mol. The number of carbonyl (C=O) groups is 3. The van der Waals surface area contributed by atoms with Crippen molar-refractivity contribution in [3.05, 3.63) is 75.2 Å². The van der Waals surface area contributed by atoms with Crippen LogP contribution in [0.5, 0.6) is 5.75 Å². The molecular formula is C26H27NO8S2. The maximum atomic E-state index is 12.9. The van der Waals surface area contributed by atoms with Gasteiger partial charge in [-0.15, -0.1) is 11.3 Å². The fourth-order valence-corrected chi connectivity index (χ4v) is 5.71. The molecule has 1 amide bonds. The number of para-hydroxylation sites is 1. The van der Waals surface area contributed by atoms with Crippen molar-refractivity contribution in [2.45, 2.75) is 39.5 Å². The second-order valence-electron chi connectivity index (χ2n) is 8.13. The van der Waals surface area contributed by atoms with Crippen LogP contribution >= 0.6 is 11.3 Å². The summed E-state index contributed by atoms with van der Waals surface area (Å²) in [6.07, 6.45) is 0. The number of carbonyl (C=O) groups excluding carboxylic acids is 3. The Morgan fingerprint density at radius 2 is 1.65 bits per heavy atom. The van der Waals surface area contributed by atoms with Gasteiger partial charge >= 0.3 is 22.1 Å². The largest absolute Gasteiger partial charge is 0.462 e. The van der Waals surface area contributed by atoms with Gasteiger partial charge in [0.15, 0.2) is 12.4 Å². The van der Waals surface area contributed by atoms with Gasteiger partial charge in [-0.2, -0.15) is 8.42 Å². The van der Waals surface area contributed by atoms with Crippen molar-refractivity contribution < 1.29 is 36.5 Å². The van der Waals surface area contributed by atoms with Crippen molar-refractivity contribution in [3.8, 4) is 5.75 Å². The number of hydrogen-bond acceptors (Lipinski definition) is 9. The minimum Gasteiger partial charge on any atom is -0.462 e. The number of anilines is 1. The molecule has 1 aromatic heterocycles. The smallest absolute Gasteiger partial charge is 0.342 e. The van der Waals surface area contributed by atoms with E-state index in [9.17, 15) is 22.8 Å². The van der Waals surface area contributed by atoms with Crippen LogP contribution in [0, 0.1) is 27.7 Å². The summed E-state index contributed by atoms with van der Waals surface area (Å²) in [7, 11) is -4.24. The van der Waals surface area contributed by atoms with Gasteiger partial charge in [0.1, 0.15) is 15.5 Å². The van der Waals surface area contributed by atoms with E-state index in [4.69, 9.17) is 13.7 Å². The number of rotatable bonds is 9. The molecule has 37 heavy (non-hydrogen) atoms. The number of thiophene rings is 1. The van der Waals surface area contributed by atoms with Crippen LogP contribution in [0.1, 0.15) is 49.2 Å². The molecule has 0 unspecified atom stereocenters. The maximum absolute atomic E-state index is 12.9. The molecule has 3 aromatic rings. The number of ether oxygens (including phenoxy) is 2. The van der Waals surface area contributed by atoms with Crippen LogP contribution in [0.2, 0.25) is 0 Å². The van der Waals surface area contributed by atoms with E-state index in [0.717, 1.165) is 10.4 Å². The fraction of sp³-hybridized carbons (Fsp3) is 0.269. The highest BCUT2D eigenvalue weighted by molar-refractivity contribution is 7.87. The van der Waals surface area contributed by atoms with E-state index in [1.807, 2.05) is 6.92 Å². The molecule has 0 aliphatic rings. The van der Waals surface area contributed by atoms with Crippen molar-refractivity contribution in [1.29, 1.82) is 0 Å². The Balaban J connectivity index is 1.73. The van der Waals surface area contributed by atoms with Crippen molar-refractivity contribution in [1.82, 2.24) is 0 Å². The lowest BCUT2D eigenvalue weighted by molar-refractivity contribution is -0.119. The van der Waals surface area contributed by atoms with Gasteiger partial charge in [0, 0.05) is 4.88 Å². The van der Waals surface area contributed by atoms with Gasteiger partial charge in [-0.25, -0.2) is 9.59 Å². The van der Waals surface area contributed by atoms with Crippen LogP contribution in [-0.2, 0) is 24.4 Å². The standard InChI is InChI=1S/C26H27NO8S2/c1-6-33-26(30)23-17(4)18(5)36-24(23)27-22(28)14-34-25(29)19-9-7-8-10-20(19)35-37(31,32)21-13-15(2)11-12-16(21)3/h7-13H,6,14H2,1-5H3,(H,27,28). The average molecular weight is 546 g/mol. The molecule has 0 aliphatic carbocycles. The lowest BCUT2D eigenvalue weighted by Crippen LogP contribution is -2.22. The Morgan fingerprint density at radius 3 is 2.35 bits per heavy atom. The number of benzene rings is 2. The monoisotopic (exact) mass is 545 g/mol. The summed E-state index contributed by atoms with van der Waals surface area (Å²) in [4.78, 5) is 38.4. The van der Waals surface area contributed by atoms with Gasteiger partial charge in [0.2, 0.25) is 0 Å². The van der Waals surface area contributed by atoms with E-state index in [1.165, 1.54) is 41.7 Å². The summed E-state index contributed by atoms with van der Waals surface area (Å²) in [5.74, 6) is -2.43. The molecule has 1 heterocycles. The van der Waals surface area contributed by atoms with Gasteiger partial charge in [0.25, 0.3) is 5.91 Å². The maximum Gasteiger partial charge on any atom is 0.342 e. The zero-order valence-corrected chi connectivity index (χ0v) is 22.7. The molecule has 3 rings (SSSR count). The van der Waals surface area contributed by atoms with Crippen LogP contribution in [0.15, 0.2) is 47.4 Å².